The highest BCUT2D eigenvalue weighted by Crippen LogP contribution is 2.16. The van der Waals surface area contributed by atoms with Crippen molar-refractivity contribution in [2.75, 3.05) is 13.1 Å². The molecular weight excluding hydrogens is 308 g/mol. The molecule has 8 nitrogen and oxygen atoms in total. The molecule has 0 saturated carbocycles. The standard InChI is InChI=1S/C16H22N6O2/c1-3-22-8-12(11(2)20-22)7-21-9-14(15(23)10-21)19-16(24)13-6-17-4-5-18-13/h4-6,8,14-15,23H,3,7,9-10H2,1-2H3,(H,19,24)/t14-,15-/m1/s1. The number of amides is 1. The van der Waals surface area contributed by atoms with Crippen LogP contribution in [-0.4, -0.2) is 60.9 Å². The van der Waals surface area contributed by atoms with E-state index in [1.807, 2.05) is 24.7 Å². The number of rotatable bonds is 5. The fourth-order valence-corrected chi connectivity index (χ4v) is 2.91. The summed E-state index contributed by atoms with van der Waals surface area (Å²) in [6, 6.07) is -0.318. The zero-order chi connectivity index (χ0) is 17.1. The van der Waals surface area contributed by atoms with Crippen LogP contribution in [0.1, 0.15) is 28.7 Å². The minimum Gasteiger partial charge on any atom is -0.390 e. The van der Waals surface area contributed by atoms with Crippen molar-refractivity contribution in [3.63, 3.8) is 0 Å². The summed E-state index contributed by atoms with van der Waals surface area (Å²) in [4.78, 5) is 22.1. The number of aromatic nitrogens is 4. The molecule has 2 N–H and O–H groups in total. The fourth-order valence-electron chi connectivity index (χ4n) is 2.91. The van der Waals surface area contributed by atoms with Gasteiger partial charge in [0.05, 0.1) is 24.0 Å². The highest BCUT2D eigenvalue weighted by molar-refractivity contribution is 5.92. The summed E-state index contributed by atoms with van der Waals surface area (Å²) in [6.07, 6.45) is 5.83. The zero-order valence-electron chi connectivity index (χ0n) is 13.9. The molecule has 1 amide bonds. The lowest BCUT2D eigenvalue weighted by Gasteiger charge is -2.16. The van der Waals surface area contributed by atoms with Gasteiger partial charge in [-0.15, -0.1) is 0 Å². The van der Waals surface area contributed by atoms with Crippen molar-refractivity contribution < 1.29 is 9.90 Å². The maximum Gasteiger partial charge on any atom is 0.271 e. The molecule has 0 radical (unpaired) electrons. The van der Waals surface area contributed by atoms with Crippen LogP contribution in [0.25, 0.3) is 0 Å². The van der Waals surface area contributed by atoms with E-state index in [0.29, 0.717) is 19.6 Å². The molecule has 128 valence electrons. The van der Waals surface area contributed by atoms with E-state index in [0.717, 1.165) is 17.8 Å². The first-order valence-corrected chi connectivity index (χ1v) is 8.07. The number of hydrogen-bond acceptors (Lipinski definition) is 6. The Morgan fingerprint density at radius 2 is 2.25 bits per heavy atom. The number of nitrogens with zero attached hydrogens (tertiary/aromatic N) is 5. The largest absolute Gasteiger partial charge is 0.390 e. The second kappa shape index (κ2) is 7.06. The first kappa shape index (κ1) is 16.5. The average Bonchev–Trinajstić information content (AvgIpc) is 3.11. The van der Waals surface area contributed by atoms with Crippen LogP contribution in [0.4, 0.5) is 0 Å². The minimum absolute atomic E-state index is 0.253. The van der Waals surface area contributed by atoms with Crippen molar-refractivity contribution in [2.24, 2.45) is 0 Å². The lowest BCUT2D eigenvalue weighted by atomic mass is 10.2. The summed E-state index contributed by atoms with van der Waals surface area (Å²) >= 11 is 0. The van der Waals surface area contributed by atoms with Gasteiger partial charge in [0.15, 0.2) is 0 Å². The molecule has 1 fully saturated rings. The van der Waals surface area contributed by atoms with Crippen LogP contribution < -0.4 is 5.32 Å². The highest BCUT2D eigenvalue weighted by atomic mass is 16.3. The summed E-state index contributed by atoms with van der Waals surface area (Å²) in [5, 5.41) is 17.5. The molecule has 3 rings (SSSR count). The Morgan fingerprint density at radius 3 is 2.92 bits per heavy atom. The lowest BCUT2D eigenvalue weighted by Crippen LogP contribution is -2.43. The minimum atomic E-state index is -0.604. The van der Waals surface area contributed by atoms with Crippen LogP contribution in [-0.2, 0) is 13.1 Å². The van der Waals surface area contributed by atoms with E-state index in [1.54, 1.807) is 0 Å². The topological polar surface area (TPSA) is 96.2 Å². The molecule has 0 bridgehead atoms. The summed E-state index contributed by atoms with van der Waals surface area (Å²) in [5.41, 5.74) is 2.39. The Labute approximate surface area is 140 Å². The van der Waals surface area contributed by atoms with E-state index in [9.17, 15) is 9.90 Å². The van der Waals surface area contributed by atoms with Gasteiger partial charge < -0.3 is 10.4 Å². The molecule has 0 aliphatic carbocycles. The van der Waals surface area contributed by atoms with Crippen LogP contribution in [0.15, 0.2) is 24.8 Å². The van der Waals surface area contributed by atoms with E-state index in [1.165, 1.54) is 18.6 Å². The van der Waals surface area contributed by atoms with Gasteiger partial charge in [0.25, 0.3) is 5.91 Å². The van der Waals surface area contributed by atoms with Gasteiger partial charge in [-0.05, 0) is 13.8 Å². The number of carbonyl (C=O) groups excluding carboxylic acids is 1. The van der Waals surface area contributed by atoms with Gasteiger partial charge in [-0.2, -0.15) is 5.10 Å². The van der Waals surface area contributed by atoms with Crippen molar-refractivity contribution in [3.8, 4) is 0 Å². The summed E-state index contributed by atoms with van der Waals surface area (Å²) in [6.45, 7) is 6.68. The van der Waals surface area contributed by atoms with Crippen LogP contribution >= 0.6 is 0 Å². The van der Waals surface area contributed by atoms with Gasteiger partial charge >= 0.3 is 0 Å². The predicted molar refractivity (Wildman–Crippen MR) is 87.2 cm³/mol. The SMILES string of the molecule is CCn1cc(CN2C[C@@H](O)[C@H](NC(=O)c3cnccn3)C2)c(C)n1. The molecule has 1 saturated heterocycles. The first-order chi connectivity index (χ1) is 11.6. The van der Waals surface area contributed by atoms with Crippen LogP contribution in [0, 0.1) is 6.92 Å². The van der Waals surface area contributed by atoms with Crippen molar-refractivity contribution >= 4 is 5.91 Å². The number of hydrogen-bond donors (Lipinski definition) is 2. The molecule has 8 heteroatoms. The van der Waals surface area contributed by atoms with Gasteiger partial charge in [-0.3, -0.25) is 19.4 Å². The molecule has 1 aliphatic rings. The number of likely N-dealkylation sites (tertiary alicyclic amines) is 1. The molecule has 24 heavy (non-hydrogen) atoms. The van der Waals surface area contributed by atoms with Gasteiger partial charge in [-0.25, -0.2) is 4.98 Å². The molecular formula is C16H22N6O2. The Bertz CT molecular complexity index is 702. The van der Waals surface area contributed by atoms with Crippen molar-refractivity contribution in [1.82, 2.24) is 30.0 Å². The van der Waals surface area contributed by atoms with Crippen LogP contribution in [0.3, 0.4) is 0 Å². The third kappa shape index (κ3) is 3.60. The number of β-amino-alcohol motifs (C(OH)–C–C–N with tert-alkyl or cyclic N) is 1. The fraction of sp³-hybridized carbons (Fsp3) is 0.500. The van der Waals surface area contributed by atoms with E-state index in [4.69, 9.17) is 0 Å². The Kier molecular flexibility index (Phi) is 4.86. The average molecular weight is 330 g/mol. The Balaban J connectivity index is 1.60. The molecule has 2 atom stereocenters. The predicted octanol–water partition coefficient (Wildman–Crippen LogP) is -0.0235. The van der Waals surface area contributed by atoms with Crippen molar-refractivity contribution in [1.29, 1.82) is 0 Å². The molecule has 0 aromatic carbocycles. The van der Waals surface area contributed by atoms with Gasteiger partial charge in [0.1, 0.15) is 5.69 Å². The quantitative estimate of drug-likeness (QED) is 0.800. The third-order valence-electron chi connectivity index (χ3n) is 4.24. The smallest absolute Gasteiger partial charge is 0.271 e. The molecule has 0 spiro atoms. The van der Waals surface area contributed by atoms with Crippen LogP contribution in [0.5, 0.6) is 0 Å². The van der Waals surface area contributed by atoms with Crippen molar-refractivity contribution in [2.45, 2.75) is 39.1 Å². The summed E-state index contributed by atoms with van der Waals surface area (Å²) in [7, 11) is 0. The lowest BCUT2D eigenvalue weighted by molar-refractivity contribution is 0.0883. The molecule has 2 aromatic heterocycles. The first-order valence-electron chi connectivity index (χ1n) is 8.07. The van der Waals surface area contributed by atoms with Crippen molar-refractivity contribution in [3.05, 3.63) is 41.7 Å². The molecule has 1 aliphatic heterocycles. The van der Waals surface area contributed by atoms with E-state index in [2.05, 4.69) is 25.3 Å². The number of aryl methyl sites for hydroxylation is 2. The zero-order valence-corrected chi connectivity index (χ0v) is 13.9. The number of aliphatic hydroxyl groups is 1. The maximum atomic E-state index is 12.2. The number of nitrogens with one attached hydrogen (secondary N) is 1. The molecule has 2 aromatic rings. The normalized spacial score (nSPS) is 21.1. The number of carbonyl (C=O) groups is 1. The van der Waals surface area contributed by atoms with E-state index < -0.39 is 6.10 Å². The van der Waals surface area contributed by atoms with E-state index in [-0.39, 0.29) is 17.6 Å². The highest BCUT2D eigenvalue weighted by Gasteiger charge is 2.33. The van der Waals surface area contributed by atoms with E-state index >= 15 is 0 Å². The second-order valence-corrected chi connectivity index (χ2v) is 6.03. The molecule has 0 unspecified atom stereocenters. The molecule has 3 heterocycles. The Morgan fingerprint density at radius 1 is 1.42 bits per heavy atom. The monoisotopic (exact) mass is 330 g/mol. The van der Waals surface area contributed by atoms with Gasteiger partial charge in [0.2, 0.25) is 0 Å². The van der Waals surface area contributed by atoms with Gasteiger partial charge in [-0.1, -0.05) is 0 Å². The number of aliphatic hydroxyl groups excluding tert-OH is 1. The maximum absolute atomic E-state index is 12.2. The van der Waals surface area contributed by atoms with Crippen LogP contribution in [0.2, 0.25) is 0 Å². The summed E-state index contributed by atoms with van der Waals surface area (Å²) < 4.78 is 1.91. The Hall–Kier alpha value is -2.32. The van der Waals surface area contributed by atoms with Gasteiger partial charge in [0, 0.05) is 50.3 Å². The second-order valence-electron chi connectivity index (χ2n) is 6.03. The summed E-state index contributed by atoms with van der Waals surface area (Å²) in [5.74, 6) is -0.316. The third-order valence-corrected chi connectivity index (χ3v) is 4.24.